The summed E-state index contributed by atoms with van der Waals surface area (Å²) in [6.07, 6.45) is 1.57. The van der Waals surface area contributed by atoms with Crippen molar-refractivity contribution in [2.24, 2.45) is 5.92 Å². The average Bonchev–Trinajstić information content (AvgIpc) is 3.20. The first kappa shape index (κ1) is 27.0. The molecule has 1 unspecified atom stereocenters. The van der Waals surface area contributed by atoms with Gasteiger partial charge >= 0.3 is 0 Å². The van der Waals surface area contributed by atoms with Crippen molar-refractivity contribution in [1.29, 1.82) is 0 Å². The molecule has 0 aliphatic carbocycles. The first-order valence-electron chi connectivity index (χ1n) is 13.4. The van der Waals surface area contributed by atoms with Gasteiger partial charge in [0.25, 0.3) is 5.91 Å². The smallest absolute Gasteiger partial charge is 0.290 e. The van der Waals surface area contributed by atoms with Crippen molar-refractivity contribution in [3.05, 3.63) is 104 Å². The van der Waals surface area contributed by atoms with E-state index < -0.39 is 6.04 Å². The van der Waals surface area contributed by atoms with Crippen molar-refractivity contribution in [3.8, 4) is 11.5 Å². The highest BCUT2D eigenvalue weighted by molar-refractivity contribution is 9.10. The van der Waals surface area contributed by atoms with Crippen LogP contribution in [0.4, 0.5) is 0 Å². The van der Waals surface area contributed by atoms with Gasteiger partial charge in [0.15, 0.2) is 16.9 Å². The van der Waals surface area contributed by atoms with Gasteiger partial charge in [-0.3, -0.25) is 9.59 Å². The highest BCUT2D eigenvalue weighted by Gasteiger charge is 2.42. The van der Waals surface area contributed by atoms with E-state index in [0.717, 1.165) is 22.0 Å². The lowest BCUT2D eigenvalue weighted by molar-refractivity contribution is 0.0729. The Hall–Kier alpha value is -3.58. The fourth-order valence-corrected chi connectivity index (χ4v) is 5.31. The highest BCUT2D eigenvalue weighted by Crippen LogP contribution is 2.41. The summed E-state index contributed by atoms with van der Waals surface area (Å²) in [6, 6.07) is 20.3. The maximum atomic E-state index is 13.9. The summed E-state index contributed by atoms with van der Waals surface area (Å²) in [5, 5.41) is 0.435. The normalized spacial score (nSPS) is 14.7. The molecule has 0 saturated heterocycles. The number of nitrogens with zero attached hydrogens (tertiary/aromatic N) is 1. The van der Waals surface area contributed by atoms with E-state index in [1.807, 2.05) is 55.5 Å². The van der Waals surface area contributed by atoms with Crippen molar-refractivity contribution in [2.45, 2.75) is 39.7 Å². The van der Waals surface area contributed by atoms with Crippen LogP contribution in [0, 0.1) is 5.92 Å². The van der Waals surface area contributed by atoms with E-state index >= 15 is 0 Å². The molecule has 1 amide bonds. The highest BCUT2D eigenvalue weighted by atomic mass is 79.9. The molecule has 0 spiro atoms. The average molecular weight is 591 g/mol. The Kier molecular flexibility index (Phi) is 8.07. The minimum Gasteiger partial charge on any atom is -0.490 e. The summed E-state index contributed by atoms with van der Waals surface area (Å²) in [5.41, 5.74) is 2.43. The van der Waals surface area contributed by atoms with Crippen LogP contribution in [0.5, 0.6) is 11.5 Å². The molecule has 1 aromatic heterocycles. The molecule has 2 heterocycles. The van der Waals surface area contributed by atoms with Gasteiger partial charge in [0.2, 0.25) is 5.76 Å². The van der Waals surface area contributed by atoms with Gasteiger partial charge in [0.1, 0.15) is 5.58 Å². The predicted octanol–water partition coefficient (Wildman–Crippen LogP) is 7.17. The lowest BCUT2D eigenvalue weighted by Gasteiger charge is -2.26. The van der Waals surface area contributed by atoms with Crippen LogP contribution in [0.3, 0.4) is 0 Å². The molecule has 1 atom stereocenters. The van der Waals surface area contributed by atoms with Crippen LogP contribution < -0.4 is 14.9 Å². The number of hydrogen-bond donors (Lipinski definition) is 0. The van der Waals surface area contributed by atoms with E-state index in [0.29, 0.717) is 60.1 Å². The quantitative estimate of drug-likeness (QED) is 0.196. The van der Waals surface area contributed by atoms with Crippen molar-refractivity contribution < 1.29 is 18.7 Å². The Bertz CT molecular complexity index is 1550. The number of ether oxygens (including phenoxy) is 2. The molecule has 5 rings (SSSR count). The van der Waals surface area contributed by atoms with Gasteiger partial charge in [-0.05, 0) is 67.1 Å². The van der Waals surface area contributed by atoms with E-state index in [1.54, 1.807) is 23.1 Å². The Morgan fingerprint density at radius 3 is 2.51 bits per heavy atom. The molecule has 1 aliphatic rings. The van der Waals surface area contributed by atoms with Gasteiger partial charge in [-0.2, -0.15) is 0 Å². The van der Waals surface area contributed by atoms with Gasteiger partial charge in [0, 0.05) is 11.0 Å². The molecular weight excluding hydrogens is 558 g/mol. The van der Waals surface area contributed by atoms with Crippen molar-refractivity contribution in [2.75, 3.05) is 19.8 Å². The van der Waals surface area contributed by atoms with Crippen LogP contribution in [0.25, 0.3) is 11.0 Å². The zero-order valence-electron chi connectivity index (χ0n) is 22.4. The summed E-state index contributed by atoms with van der Waals surface area (Å²) < 4.78 is 18.9. The standard InChI is InChI=1S/C32H32BrNO5/c1-4-37-27-18-22(10-12-26(27)38-17-15-20(2)3)29-28-30(35)24-19-23(33)11-13-25(24)39-31(28)32(36)34(29)16-14-21-8-6-5-7-9-21/h5-13,18-20,29H,4,14-17H2,1-3H3. The van der Waals surface area contributed by atoms with Gasteiger partial charge in [0.05, 0.1) is 30.2 Å². The molecule has 0 bridgehead atoms. The number of amides is 1. The number of carbonyl (C=O) groups is 1. The summed E-state index contributed by atoms with van der Waals surface area (Å²) >= 11 is 3.46. The second-order valence-corrected chi connectivity index (χ2v) is 11.0. The lowest BCUT2D eigenvalue weighted by atomic mass is 9.97. The Balaban J connectivity index is 1.60. The minimum absolute atomic E-state index is 0.100. The number of carbonyl (C=O) groups excluding carboxylic acids is 1. The van der Waals surface area contributed by atoms with Gasteiger partial charge in [-0.1, -0.05) is 66.2 Å². The van der Waals surface area contributed by atoms with Crippen LogP contribution in [-0.2, 0) is 6.42 Å². The predicted molar refractivity (Wildman–Crippen MR) is 156 cm³/mol. The van der Waals surface area contributed by atoms with E-state index in [1.165, 1.54) is 0 Å². The summed E-state index contributed by atoms with van der Waals surface area (Å²) in [7, 11) is 0. The molecule has 6 nitrogen and oxygen atoms in total. The van der Waals surface area contributed by atoms with Crippen LogP contribution in [0.1, 0.15) is 60.5 Å². The largest absolute Gasteiger partial charge is 0.490 e. The molecule has 7 heteroatoms. The molecule has 0 fully saturated rings. The van der Waals surface area contributed by atoms with E-state index in [4.69, 9.17) is 13.9 Å². The number of fused-ring (bicyclic) bond motifs is 2. The molecule has 0 saturated carbocycles. The van der Waals surface area contributed by atoms with E-state index in [2.05, 4.69) is 29.8 Å². The van der Waals surface area contributed by atoms with Crippen LogP contribution >= 0.6 is 15.9 Å². The maximum Gasteiger partial charge on any atom is 0.290 e. The molecule has 0 N–H and O–H groups in total. The Morgan fingerprint density at radius 1 is 0.974 bits per heavy atom. The number of hydrogen-bond acceptors (Lipinski definition) is 5. The minimum atomic E-state index is -0.611. The number of halogens is 1. The van der Waals surface area contributed by atoms with E-state index in [-0.39, 0.29) is 17.1 Å². The molecule has 4 aromatic rings. The number of benzene rings is 3. The molecule has 0 radical (unpaired) electrons. The lowest BCUT2D eigenvalue weighted by Crippen LogP contribution is -2.31. The molecule has 3 aromatic carbocycles. The Labute approximate surface area is 236 Å². The van der Waals surface area contributed by atoms with Crippen LogP contribution in [-0.4, -0.2) is 30.6 Å². The monoisotopic (exact) mass is 589 g/mol. The molecular formula is C32H32BrNO5. The third kappa shape index (κ3) is 5.59. The van der Waals surface area contributed by atoms with E-state index in [9.17, 15) is 9.59 Å². The second kappa shape index (κ2) is 11.7. The topological polar surface area (TPSA) is 69.0 Å². The summed E-state index contributed by atoms with van der Waals surface area (Å²) in [6.45, 7) is 7.69. The summed E-state index contributed by atoms with van der Waals surface area (Å²) in [4.78, 5) is 29.4. The molecule has 39 heavy (non-hydrogen) atoms. The SMILES string of the molecule is CCOc1cc(C2c3c(oc4ccc(Br)cc4c3=O)C(=O)N2CCc2ccccc2)ccc1OCCC(C)C. The van der Waals surface area contributed by atoms with Crippen molar-refractivity contribution >= 4 is 32.8 Å². The van der Waals surface area contributed by atoms with Gasteiger partial charge < -0.3 is 18.8 Å². The van der Waals surface area contributed by atoms with Crippen LogP contribution in [0.15, 0.2) is 80.4 Å². The third-order valence-corrected chi connectivity index (χ3v) is 7.44. The zero-order chi connectivity index (χ0) is 27.5. The second-order valence-electron chi connectivity index (χ2n) is 10.1. The van der Waals surface area contributed by atoms with Crippen LogP contribution in [0.2, 0.25) is 0 Å². The number of rotatable bonds is 10. The third-order valence-electron chi connectivity index (χ3n) is 6.95. The maximum absolute atomic E-state index is 13.9. The molecule has 202 valence electrons. The first-order chi connectivity index (χ1) is 18.9. The first-order valence-corrected chi connectivity index (χ1v) is 14.2. The van der Waals surface area contributed by atoms with Gasteiger partial charge in [-0.15, -0.1) is 0 Å². The molecule has 1 aliphatic heterocycles. The zero-order valence-corrected chi connectivity index (χ0v) is 24.0. The van der Waals surface area contributed by atoms with Gasteiger partial charge in [-0.25, -0.2) is 0 Å². The fraction of sp³-hybridized carbons (Fsp3) is 0.312. The Morgan fingerprint density at radius 2 is 1.77 bits per heavy atom. The van der Waals surface area contributed by atoms with Crippen molar-refractivity contribution in [1.82, 2.24) is 4.90 Å². The fourth-order valence-electron chi connectivity index (χ4n) is 4.95. The van der Waals surface area contributed by atoms with Crippen molar-refractivity contribution in [3.63, 3.8) is 0 Å². The summed E-state index contributed by atoms with van der Waals surface area (Å²) in [5.74, 6) is 1.57.